The van der Waals surface area contributed by atoms with Crippen molar-refractivity contribution in [3.63, 3.8) is 0 Å². The van der Waals surface area contributed by atoms with Crippen LogP contribution in [0.5, 0.6) is 0 Å². The van der Waals surface area contributed by atoms with Gasteiger partial charge in [0.25, 0.3) is 0 Å². The van der Waals surface area contributed by atoms with Crippen molar-refractivity contribution in [2.24, 2.45) is 72.7 Å². The number of ketones is 2. The first kappa shape index (κ1) is 55.6. The van der Waals surface area contributed by atoms with Crippen LogP contribution in [0.15, 0.2) is 112 Å². The average molecular weight is 999 g/mol. The van der Waals surface area contributed by atoms with Crippen LogP contribution >= 0.6 is 23.2 Å². The number of amides is 3. The molecule has 0 unspecified atom stereocenters. The van der Waals surface area contributed by atoms with Crippen molar-refractivity contribution in [1.82, 2.24) is 10.6 Å². The van der Waals surface area contributed by atoms with Gasteiger partial charge in [0.2, 0.25) is 17.7 Å². The van der Waals surface area contributed by atoms with Crippen LogP contribution < -0.4 is 56.5 Å². The zero-order valence-corrected chi connectivity index (χ0v) is 40.6. The first-order valence-electron chi connectivity index (χ1n) is 23.0. The molecule has 0 aliphatic heterocycles. The fourth-order valence-electron chi connectivity index (χ4n) is 7.66. The molecule has 0 spiro atoms. The van der Waals surface area contributed by atoms with E-state index < -0.39 is 59.2 Å². The van der Waals surface area contributed by atoms with Gasteiger partial charge in [0.1, 0.15) is 0 Å². The summed E-state index contributed by atoms with van der Waals surface area (Å²) in [5, 5.41) is 6.95. The van der Waals surface area contributed by atoms with Gasteiger partial charge in [0.15, 0.2) is 29.4 Å². The summed E-state index contributed by atoms with van der Waals surface area (Å²) in [4.78, 5) is 81.7. The van der Waals surface area contributed by atoms with Crippen LogP contribution in [-0.2, 0) is 36.8 Å². The molecule has 18 nitrogen and oxygen atoms in total. The van der Waals surface area contributed by atoms with Crippen molar-refractivity contribution >= 4 is 70.4 Å². The molecule has 4 rings (SSSR count). The zero-order chi connectivity index (χ0) is 51.2. The number of halogens is 2. The highest BCUT2D eigenvalue weighted by Gasteiger charge is 2.32. The van der Waals surface area contributed by atoms with Crippen molar-refractivity contribution in [2.45, 2.75) is 82.3 Å². The third kappa shape index (κ3) is 19.5. The Labute approximate surface area is 418 Å². The molecule has 0 radical (unpaired) electrons. The van der Waals surface area contributed by atoms with Crippen LogP contribution in [0.1, 0.15) is 62.5 Å². The van der Waals surface area contributed by atoms with E-state index in [9.17, 15) is 24.0 Å². The lowest BCUT2D eigenvalue weighted by atomic mass is 9.88. The topological polar surface area (TPSA) is 355 Å². The third-order valence-electron chi connectivity index (χ3n) is 11.5. The molecule has 5 atom stereocenters. The van der Waals surface area contributed by atoms with Gasteiger partial charge in [-0.25, -0.2) is 0 Å². The van der Waals surface area contributed by atoms with Crippen LogP contribution in [0.25, 0.3) is 22.3 Å². The van der Waals surface area contributed by atoms with Crippen molar-refractivity contribution in [3.8, 4) is 22.3 Å². The second-order valence-electron chi connectivity index (χ2n) is 17.0. The van der Waals surface area contributed by atoms with Gasteiger partial charge in [0.05, 0.1) is 18.1 Å². The Morgan fingerprint density at radius 2 is 0.786 bits per heavy atom. The van der Waals surface area contributed by atoms with Crippen molar-refractivity contribution in [1.29, 1.82) is 0 Å². The molecule has 374 valence electrons. The number of aliphatic imine (C=N–C) groups is 3. The Bertz CT molecular complexity index is 2440. The fraction of sp³-hybridized carbons (Fsp3) is 0.360. The second kappa shape index (κ2) is 28.5. The lowest BCUT2D eigenvalue weighted by Crippen LogP contribution is -2.50. The van der Waals surface area contributed by atoms with Gasteiger partial charge in [-0.05, 0) is 109 Å². The Morgan fingerprint density at radius 3 is 1.16 bits per heavy atom. The standard InChI is InChI=1S/C50H65Cl2N13O5/c51-38-19-15-34(16-20-38)32-11-7-30(8-12-32)26-41(43(66)28-36(45(54)68)4-1-23-61-48(55)56)64-46(69)37(5-2-24-62-49(57)58)29-44(67)42(65-47(70)40(53)6-3-25-63-50(59)60)27-31-9-13-33(14-10-31)35-17-21-39(52)22-18-35/h7-22,36-37,40-42H,1-6,23-29,53H2,(H2,54,68)(H,64,69)(H,65,70)(H4,55,56,61)(H4,57,58,62)(H4,59,60,63)/t36-,37-,40+,41+,42+/m0/s1. The van der Waals surface area contributed by atoms with Crippen LogP contribution in [0.3, 0.4) is 0 Å². The number of hydrogen-bond acceptors (Lipinski definition) is 9. The summed E-state index contributed by atoms with van der Waals surface area (Å²) < 4.78 is 0. The van der Waals surface area contributed by atoms with Crippen molar-refractivity contribution in [2.75, 3.05) is 19.6 Å². The molecule has 0 aliphatic carbocycles. The first-order chi connectivity index (χ1) is 33.4. The van der Waals surface area contributed by atoms with Crippen molar-refractivity contribution in [3.05, 3.63) is 118 Å². The van der Waals surface area contributed by atoms with Gasteiger partial charge in [-0.15, -0.1) is 0 Å². The van der Waals surface area contributed by atoms with Gasteiger partial charge in [-0.1, -0.05) is 96.0 Å². The first-order valence-corrected chi connectivity index (χ1v) is 23.7. The van der Waals surface area contributed by atoms with E-state index in [1.807, 2.05) is 72.8 Å². The molecule has 0 aromatic heterocycles. The number of rotatable bonds is 29. The molecule has 3 amide bonds. The highest BCUT2D eigenvalue weighted by molar-refractivity contribution is 6.31. The Balaban J connectivity index is 1.64. The maximum atomic E-state index is 14.6. The number of benzene rings is 4. The number of carbonyl (C=O) groups is 5. The molecule has 0 heterocycles. The number of carbonyl (C=O) groups excluding carboxylic acids is 5. The summed E-state index contributed by atoms with van der Waals surface area (Å²) in [5.41, 5.74) is 50.2. The lowest BCUT2D eigenvalue weighted by molar-refractivity contribution is -0.134. The van der Waals surface area contributed by atoms with E-state index in [2.05, 4.69) is 25.6 Å². The quantitative estimate of drug-likeness (QED) is 0.0213. The molecule has 4 aromatic rings. The zero-order valence-electron chi connectivity index (χ0n) is 39.1. The van der Waals surface area contributed by atoms with E-state index in [4.69, 9.17) is 69.1 Å². The fourth-order valence-corrected chi connectivity index (χ4v) is 7.92. The molecule has 0 aliphatic rings. The number of guanidine groups is 3. The molecule has 18 N–H and O–H groups in total. The molecule has 0 fully saturated rings. The minimum atomic E-state index is -1.14. The number of nitrogens with one attached hydrogen (secondary N) is 2. The van der Waals surface area contributed by atoms with E-state index in [0.29, 0.717) is 28.5 Å². The summed E-state index contributed by atoms with van der Waals surface area (Å²) >= 11 is 12.2. The number of nitrogens with two attached hydrogens (primary N) is 8. The van der Waals surface area contributed by atoms with E-state index in [0.717, 1.165) is 27.8 Å². The SMILES string of the molecule is NC(=O)[C@@H](CCCN=C(N)N)CC(=O)[C@@H](Cc1ccc(-c2ccc(Cl)cc2)cc1)NC(=O)[C@@H](CCCN=C(N)N)CC(=O)[C@@H](Cc1ccc(-c2ccc(Cl)cc2)cc1)NC(=O)[C@H](N)CCCN=C(N)N. The number of hydrogen-bond donors (Lipinski definition) is 10. The monoisotopic (exact) mass is 997 g/mol. The van der Waals surface area contributed by atoms with E-state index >= 15 is 0 Å². The maximum absolute atomic E-state index is 14.6. The number of nitrogens with zero attached hydrogens (tertiary/aromatic N) is 3. The summed E-state index contributed by atoms with van der Waals surface area (Å²) in [5.74, 6) is -5.04. The van der Waals surface area contributed by atoms with Gasteiger partial charge in [0, 0.05) is 54.4 Å². The van der Waals surface area contributed by atoms with E-state index in [1.165, 1.54) is 0 Å². The third-order valence-corrected chi connectivity index (χ3v) is 12.0. The summed E-state index contributed by atoms with van der Waals surface area (Å²) in [6.45, 7) is 0.623. The van der Waals surface area contributed by atoms with E-state index in [1.54, 1.807) is 24.3 Å². The minimum Gasteiger partial charge on any atom is -0.370 e. The highest BCUT2D eigenvalue weighted by atomic mass is 35.5. The van der Waals surface area contributed by atoms with E-state index in [-0.39, 0.29) is 88.9 Å². The smallest absolute Gasteiger partial charge is 0.237 e. The molecule has 20 heteroatoms. The molecule has 0 saturated heterocycles. The van der Waals surface area contributed by atoms with Gasteiger partial charge >= 0.3 is 0 Å². The average Bonchev–Trinajstić information content (AvgIpc) is 3.32. The Hall–Kier alpha value is -7.02. The molecule has 0 bridgehead atoms. The minimum absolute atomic E-state index is 0.0470. The Morgan fingerprint density at radius 1 is 0.457 bits per heavy atom. The summed E-state index contributed by atoms with van der Waals surface area (Å²) in [6, 6.07) is 26.4. The second-order valence-corrected chi connectivity index (χ2v) is 17.9. The number of Topliss-reactive ketones (excluding diaryl/α,β-unsaturated/α-hetero) is 2. The predicted octanol–water partition coefficient (Wildman–Crippen LogP) is 3.21. The van der Waals surface area contributed by atoms with Crippen molar-refractivity contribution < 1.29 is 24.0 Å². The highest BCUT2D eigenvalue weighted by Crippen LogP contribution is 2.25. The Kier molecular flexibility index (Phi) is 22.6. The van der Waals surface area contributed by atoms with Crippen LogP contribution in [0, 0.1) is 11.8 Å². The normalized spacial score (nSPS) is 13.1. The molecular weight excluding hydrogens is 934 g/mol. The largest absolute Gasteiger partial charge is 0.370 e. The maximum Gasteiger partial charge on any atom is 0.237 e. The molecule has 70 heavy (non-hydrogen) atoms. The molecular formula is C50H65Cl2N13O5. The van der Waals surface area contributed by atoms with Gasteiger partial charge in [-0.2, -0.15) is 0 Å². The predicted molar refractivity (Wildman–Crippen MR) is 278 cm³/mol. The summed E-state index contributed by atoms with van der Waals surface area (Å²) in [6.07, 6.45) is 1.12. The van der Waals surface area contributed by atoms with Gasteiger partial charge < -0.3 is 56.5 Å². The summed E-state index contributed by atoms with van der Waals surface area (Å²) in [7, 11) is 0. The van der Waals surface area contributed by atoms with Crippen LogP contribution in [0.2, 0.25) is 10.0 Å². The van der Waals surface area contributed by atoms with Gasteiger partial charge in [-0.3, -0.25) is 38.9 Å². The van der Waals surface area contributed by atoms with Crippen LogP contribution in [-0.4, -0.2) is 84.9 Å². The molecule has 4 aromatic carbocycles. The lowest BCUT2D eigenvalue weighted by Gasteiger charge is -2.25. The van der Waals surface area contributed by atoms with Crippen LogP contribution in [0.4, 0.5) is 0 Å². The molecule has 0 saturated carbocycles. The number of primary amides is 1.